The predicted molar refractivity (Wildman–Crippen MR) is 99.5 cm³/mol. The maximum atomic E-state index is 12.4. The summed E-state index contributed by atoms with van der Waals surface area (Å²) in [7, 11) is 4.51. The third kappa shape index (κ3) is 4.33. The molecule has 1 amide bonds. The summed E-state index contributed by atoms with van der Waals surface area (Å²) in [4.78, 5) is 12.4. The smallest absolute Gasteiger partial charge is 0.266 e. The van der Waals surface area contributed by atoms with E-state index in [9.17, 15) is 10.1 Å². The second kappa shape index (κ2) is 8.58. The van der Waals surface area contributed by atoms with Gasteiger partial charge in [-0.1, -0.05) is 17.7 Å². The quantitative estimate of drug-likeness (QED) is 0.635. The number of nitrogens with one attached hydrogen (secondary N) is 1. The van der Waals surface area contributed by atoms with Crippen LogP contribution < -0.4 is 19.5 Å². The van der Waals surface area contributed by atoms with Crippen molar-refractivity contribution in [3.05, 3.63) is 53.1 Å². The minimum absolute atomic E-state index is 0.0765. The van der Waals surface area contributed by atoms with Gasteiger partial charge in [-0.3, -0.25) is 4.79 Å². The standard InChI is InChI=1S/C20H20N2O4/c1-13-5-7-15(8-6-13)22-20(23)14(12-21)9-17-18(25-3)10-16(24-2)11-19(17)26-4/h5-11H,1-4H3,(H,22,23). The number of methoxy groups -OCH3 is 3. The molecule has 0 aliphatic heterocycles. The molecule has 0 atom stereocenters. The first kappa shape index (κ1) is 18.9. The van der Waals surface area contributed by atoms with E-state index in [0.717, 1.165) is 5.56 Å². The van der Waals surface area contributed by atoms with Crippen LogP contribution >= 0.6 is 0 Å². The summed E-state index contributed by atoms with van der Waals surface area (Å²) in [6, 6.07) is 12.5. The van der Waals surface area contributed by atoms with Crippen LogP contribution in [0.4, 0.5) is 5.69 Å². The Kier molecular flexibility index (Phi) is 6.23. The molecule has 0 fully saturated rings. The second-order valence-electron chi connectivity index (χ2n) is 5.44. The molecule has 0 bridgehead atoms. The molecule has 6 heteroatoms. The number of anilines is 1. The monoisotopic (exact) mass is 352 g/mol. The lowest BCUT2D eigenvalue weighted by atomic mass is 10.1. The van der Waals surface area contributed by atoms with E-state index in [4.69, 9.17) is 14.2 Å². The lowest BCUT2D eigenvalue weighted by molar-refractivity contribution is -0.112. The molecular weight excluding hydrogens is 332 g/mol. The summed E-state index contributed by atoms with van der Waals surface area (Å²) in [5.74, 6) is 0.879. The molecule has 0 spiro atoms. The van der Waals surface area contributed by atoms with Crippen LogP contribution in [0.15, 0.2) is 42.0 Å². The Balaban J connectivity index is 2.40. The van der Waals surface area contributed by atoms with Crippen LogP contribution in [0.5, 0.6) is 17.2 Å². The van der Waals surface area contributed by atoms with Crippen molar-refractivity contribution in [1.29, 1.82) is 5.26 Å². The van der Waals surface area contributed by atoms with Crippen LogP contribution in [0, 0.1) is 18.3 Å². The van der Waals surface area contributed by atoms with Gasteiger partial charge >= 0.3 is 0 Å². The first-order valence-corrected chi connectivity index (χ1v) is 7.82. The van der Waals surface area contributed by atoms with E-state index in [-0.39, 0.29) is 5.57 Å². The number of carbonyl (C=O) groups excluding carboxylic acids is 1. The first-order chi connectivity index (χ1) is 12.5. The highest BCUT2D eigenvalue weighted by atomic mass is 16.5. The summed E-state index contributed by atoms with van der Waals surface area (Å²) in [5.41, 5.74) is 2.08. The third-order valence-electron chi connectivity index (χ3n) is 3.72. The number of rotatable bonds is 6. The molecule has 0 heterocycles. The highest BCUT2D eigenvalue weighted by Crippen LogP contribution is 2.35. The molecule has 1 N–H and O–H groups in total. The zero-order chi connectivity index (χ0) is 19.1. The molecule has 0 aromatic heterocycles. The van der Waals surface area contributed by atoms with Crippen LogP contribution in [0.25, 0.3) is 6.08 Å². The van der Waals surface area contributed by atoms with Gasteiger partial charge < -0.3 is 19.5 Å². The zero-order valence-corrected chi connectivity index (χ0v) is 15.1. The molecule has 0 saturated heterocycles. The minimum atomic E-state index is -0.517. The number of hydrogen-bond acceptors (Lipinski definition) is 5. The summed E-state index contributed by atoms with van der Waals surface area (Å²) in [5, 5.41) is 12.1. The van der Waals surface area contributed by atoms with Gasteiger partial charge in [0.25, 0.3) is 5.91 Å². The molecule has 0 aliphatic carbocycles. The number of ether oxygens (including phenoxy) is 3. The van der Waals surface area contributed by atoms with Crippen molar-refractivity contribution in [1.82, 2.24) is 0 Å². The number of hydrogen-bond donors (Lipinski definition) is 1. The van der Waals surface area contributed by atoms with E-state index in [1.807, 2.05) is 25.1 Å². The van der Waals surface area contributed by atoms with Crippen LogP contribution in [0.3, 0.4) is 0 Å². The number of aryl methyl sites for hydroxylation is 1. The van der Waals surface area contributed by atoms with Gasteiger partial charge in [-0.05, 0) is 25.1 Å². The Morgan fingerprint density at radius 1 is 1.04 bits per heavy atom. The molecular formula is C20H20N2O4. The van der Waals surface area contributed by atoms with Gasteiger partial charge in [-0.15, -0.1) is 0 Å². The van der Waals surface area contributed by atoms with E-state index in [1.54, 1.807) is 24.3 Å². The van der Waals surface area contributed by atoms with Crippen molar-refractivity contribution < 1.29 is 19.0 Å². The maximum absolute atomic E-state index is 12.4. The summed E-state index contributed by atoms with van der Waals surface area (Å²) in [6.07, 6.45) is 1.43. The van der Waals surface area contributed by atoms with E-state index in [2.05, 4.69) is 5.32 Å². The van der Waals surface area contributed by atoms with Crippen LogP contribution in [-0.4, -0.2) is 27.2 Å². The van der Waals surface area contributed by atoms with Crippen LogP contribution in [0.1, 0.15) is 11.1 Å². The number of amides is 1. The Hall–Kier alpha value is -3.46. The first-order valence-electron chi connectivity index (χ1n) is 7.82. The molecule has 134 valence electrons. The molecule has 2 aromatic carbocycles. The highest BCUT2D eigenvalue weighted by molar-refractivity contribution is 6.10. The minimum Gasteiger partial charge on any atom is -0.496 e. The van der Waals surface area contributed by atoms with Gasteiger partial charge in [-0.25, -0.2) is 0 Å². The molecule has 0 radical (unpaired) electrons. The number of nitrogens with zero attached hydrogens (tertiary/aromatic N) is 1. The highest BCUT2D eigenvalue weighted by Gasteiger charge is 2.16. The van der Waals surface area contributed by atoms with Gasteiger partial charge in [0.05, 0.1) is 26.9 Å². The van der Waals surface area contributed by atoms with Gasteiger partial charge in [0.15, 0.2) is 0 Å². The van der Waals surface area contributed by atoms with Gasteiger partial charge in [-0.2, -0.15) is 5.26 Å². The second-order valence-corrected chi connectivity index (χ2v) is 5.44. The summed E-state index contributed by atoms with van der Waals surface area (Å²) >= 11 is 0. The van der Waals surface area contributed by atoms with Crippen molar-refractivity contribution >= 4 is 17.7 Å². The largest absolute Gasteiger partial charge is 0.496 e. The molecule has 0 aliphatic rings. The van der Waals surface area contributed by atoms with Crippen molar-refractivity contribution in [3.8, 4) is 23.3 Å². The number of benzene rings is 2. The van der Waals surface area contributed by atoms with Gasteiger partial charge in [0, 0.05) is 17.8 Å². The summed E-state index contributed by atoms with van der Waals surface area (Å²) < 4.78 is 15.9. The van der Waals surface area contributed by atoms with E-state index in [1.165, 1.54) is 27.4 Å². The molecule has 2 aromatic rings. The molecule has 26 heavy (non-hydrogen) atoms. The fourth-order valence-electron chi connectivity index (χ4n) is 2.30. The maximum Gasteiger partial charge on any atom is 0.266 e. The van der Waals surface area contributed by atoms with Crippen molar-refractivity contribution in [2.75, 3.05) is 26.6 Å². The number of nitriles is 1. The average Bonchev–Trinajstić information content (AvgIpc) is 2.67. The van der Waals surface area contributed by atoms with E-state index < -0.39 is 5.91 Å². The lowest BCUT2D eigenvalue weighted by Gasteiger charge is -2.13. The van der Waals surface area contributed by atoms with E-state index >= 15 is 0 Å². The molecule has 2 rings (SSSR count). The zero-order valence-electron chi connectivity index (χ0n) is 15.1. The number of carbonyl (C=O) groups is 1. The molecule has 6 nitrogen and oxygen atoms in total. The average molecular weight is 352 g/mol. The van der Waals surface area contributed by atoms with E-state index in [0.29, 0.717) is 28.5 Å². The van der Waals surface area contributed by atoms with Gasteiger partial charge in [0.2, 0.25) is 0 Å². The summed E-state index contributed by atoms with van der Waals surface area (Å²) in [6.45, 7) is 1.95. The lowest BCUT2D eigenvalue weighted by Crippen LogP contribution is -2.13. The van der Waals surface area contributed by atoms with Gasteiger partial charge in [0.1, 0.15) is 28.9 Å². The molecule has 0 saturated carbocycles. The molecule has 0 unspecified atom stereocenters. The Labute approximate surface area is 152 Å². The van der Waals surface area contributed by atoms with Crippen LogP contribution in [-0.2, 0) is 4.79 Å². The van der Waals surface area contributed by atoms with Crippen molar-refractivity contribution in [3.63, 3.8) is 0 Å². The van der Waals surface area contributed by atoms with Crippen molar-refractivity contribution in [2.24, 2.45) is 0 Å². The Morgan fingerprint density at radius 2 is 1.62 bits per heavy atom. The predicted octanol–water partition coefficient (Wildman–Crippen LogP) is 3.57. The normalized spacial score (nSPS) is 10.7. The SMILES string of the molecule is COc1cc(OC)c(C=C(C#N)C(=O)Nc2ccc(C)cc2)c(OC)c1. The van der Waals surface area contributed by atoms with Crippen molar-refractivity contribution in [2.45, 2.75) is 6.92 Å². The third-order valence-corrected chi connectivity index (χ3v) is 3.72. The van der Waals surface area contributed by atoms with Crippen LogP contribution in [0.2, 0.25) is 0 Å². The Bertz CT molecular complexity index is 839. The Morgan fingerprint density at radius 3 is 2.08 bits per heavy atom. The topological polar surface area (TPSA) is 80.6 Å². The fraction of sp³-hybridized carbons (Fsp3) is 0.200. The fourth-order valence-corrected chi connectivity index (χ4v) is 2.30.